The van der Waals surface area contributed by atoms with Crippen molar-refractivity contribution >= 4 is 35.0 Å². The highest BCUT2D eigenvalue weighted by Gasteiger charge is 2.13. The number of anilines is 2. The molecule has 0 aliphatic heterocycles. The van der Waals surface area contributed by atoms with Gasteiger partial charge >= 0.3 is 0 Å². The van der Waals surface area contributed by atoms with Crippen molar-refractivity contribution in [1.29, 1.82) is 0 Å². The van der Waals surface area contributed by atoms with Gasteiger partial charge in [0.2, 0.25) is 0 Å². The van der Waals surface area contributed by atoms with Crippen LogP contribution < -0.4 is 14.4 Å². The van der Waals surface area contributed by atoms with Gasteiger partial charge in [-0.25, -0.2) is 4.99 Å². The Bertz CT molecular complexity index is 771. The lowest BCUT2D eigenvalue weighted by Crippen LogP contribution is -2.14. The van der Waals surface area contributed by atoms with E-state index < -0.39 is 0 Å². The fourth-order valence-electron chi connectivity index (χ4n) is 2.48. The molecule has 26 heavy (non-hydrogen) atoms. The predicted octanol–water partition coefficient (Wildman–Crippen LogP) is 5.05. The highest BCUT2D eigenvalue weighted by molar-refractivity contribution is 6.33. The SMILES string of the molecule is CCN(C)C=Nc1cc(C)c(N(C)c2cc(OC)cc(OC)c2)cc1Cl. The molecule has 2 rings (SSSR count). The van der Waals surface area contributed by atoms with Gasteiger partial charge < -0.3 is 19.3 Å². The lowest BCUT2D eigenvalue weighted by molar-refractivity contribution is 0.394. The number of nitrogens with zero attached hydrogens (tertiary/aromatic N) is 3. The van der Waals surface area contributed by atoms with E-state index >= 15 is 0 Å². The van der Waals surface area contributed by atoms with Gasteiger partial charge in [0.1, 0.15) is 11.5 Å². The number of rotatable bonds is 7. The minimum Gasteiger partial charge on any atom is -0.497 e. The number of ether oxygens (including phenoxy) is 2. The van der Waals surface area contributed by atoms with Crippen LogP contribution in [0.3, 0.4) is 0 Å². The summed E-state index contributed by atoms with van der Waals surface area (Å²) in [5.41, 5.74) is 3.77. The minimum absolute atomic E-state index is 0.605. The van der Waals surface area contributed by atoms with E-state index in [2.05, 4.69) is 16.8 Å². The van der Waals surface area contributed by atoms with E-state index in [0.717, 1.165) is 40.7 Å². The van der Waals surface area contributed by atoms with E-state index in [9.17, 15) is 0 Å². The maximum Gasteiger partial charge on any atom is 0.124 e. The van der Waals surface area contributed by atoms with Gasteiger partial charge in [0.05, 0.1) is 31.3 Å². The van der Waals surface area contributed by atoms with Gasteiger partial charge in [-0.05, 0) is 31.5 Å². The fraction of sp³-hybridized carbons (Fsp3) is 0.350. The second kappa shape index (κ2) is 8.81. The summed E-state index contributed by atoms with van der Waals surface area (Å²) in [5.74, 6) is 1.47. The molecule has 2 aromatic carbocycles. The molecule has 0 bridgehead atoms. The molecular weight excluding hydrogens is 350 g/mol. The second-order valence-corrected chi connectivity index (χ2v) is 6.44. The van der Waals surface area contributed by atoms with Crippen LogP contribution >= 0.6 is 11.6 Å². The first-order chi connectivity index (χ1) is 12.4. The molecule has 0 N–H and O–H groups in total. The lowest BCUT2D eigenvalue weighted by atomic mass is 10.1. The quantitative estimate of drug-likeness (QED) is 0.501. The third-order valence-electron chi connectivity index (χ3n) is 4.24. The summed E-state index contributed by atoms with van der Waals surface area (Å²) in [7, 11) is 7.24. The largest absolute Gasteiger partial charge is 0.497 e. The highest BCUT2D eigenvalue weighted by atomic mass is 35.5. The van der Waals surface area contributed by atoms with Crippen LogP contribution in [-0.4, -0.2) is 46.1 Å². The van der Waals surface area contributed by atoms with Gasteiger partial charge in [-0.3, -0.25) is 0 Å². The van der Waals surface area contributed by atoms with Crippen LogP contribution in [-0.2, 0) is 0 Å². The molecule has 0 fully saturated rings. The molecule has 140 valence electrons. The average Bonchev–Trinajstić information content (AvgIpc) is 2.66. The first kappa shape index (κ1) is 19.9. The van der Waals surface area contributed by atoms with Crippen LogP contribution in [0.1, 0.15) is 12.5 Å². The van der Waals surface area contributed by atoms with Gasteiger partial charge in [0.15, 0.2) is 0 Å². The number of hydrogen-bond donors (Lipinski definition) is 0. The Kier molecular flexibility index (Phi) is 6.75. The molecule has 0 atom stereocenters. The van der Waals surface area contributed by atoms with Gasteiger partial charge in [-0.2, -0.15) is 0 Å². The standard InChI is InChI=1S/C20H26ClN3O2/c1-7-23(3)13-22-19-8-14(2)20(12-18(19)21)24(4)15-9-16(25-5)11-17(10-15)26-6/h8-13H,7H2,1-6H3. The highest BCUT2D eigenvalue weighted by Crippen LogP contribution is 2.37. The molecule has 0 aromatic heterocycles. The predicted molar refractivity (Wildman–Crippen MR) is 110 cm³/mol. The average molecular weight is 376 g/mol. The Balaban J connectivity index is 2.39. The van der Waals surface area contributed by atoms with Crippen LogP contribution in [0.2, 0.25) is 5.02 Å². The number of aryl methyl sites for hydroxylation is 1. The molecule has 0 aliphatic carbocycles. The summed E-state index contributed by atoms with van der Waals surface area (Å²) in [4.78, 5) is 8.52. The van der Waals surface area contributed by atoms with Gasteiger partial charge in [-0.1, -0.05) is 11.6 Å². The molecule has 0 saturated heterocycles. The fourth-order valence-corrected chi connectivity index (χ4v) is 2.69. The monoisotopic (exact) mass is 375 g/mol. The molecule has 5 nitrogen and oxygen atoms in total. The van der Waals surface area contributed by atoms with Crippen molar-refractivity contribution in [3.8, 4) is 11.5 Å². The molecule has 6 heteroatoms. The maximum atomic E-state index is 6.47. The molecule has 0 spiro atoms. The molecule has 2 aromatic rings. The molecule has 0 radical (unpaired) electrons. The zero-order valence-electron chi connectivity index (χ0n) is 16.2. The van der Waals surface area contributed by atoms with E-state index in [1.807, 2.05) is 56.3 Å². The van der Waals surface area contributed by atoms with Crippen molar-refractivity contribution in [2.75, 3.05) is 39.8 Å². The summed E-state index contributed by atoms with van der Waals surface area (Å²) in [5, 5.41) is 0.605. The van der Waals surface area contributed by atoms with E-state index in [1.165, 1.54) is 0 Å². The van der Waals surface area contributed by atoms with E-state index in [0.29, 0.717) is 5.02 Å². The first-order valence-electron chi connectivity index (χ1n) is 8.41. The third-order valence-corrected chi connectivity index (χ3v) is 4.55. The number of benzene rings is 2. The van der Waals surface area contributed by atoms with Crippen molar-refractivity contribution in [2.45, 2.75) is 13.8 Å². The summed E-state index contributed by atoms with van der Waals surface area (Å²) < 4.78 is 10.7. The molecule has 0 heterocycles. The van der Waals surface area contributed by atoms with Crippen LogP contribution in [0.25, 0.3) is 0 Å². The van der Waals surface area contributed by atoms with Crippen LogP contribution in [0.15, 0.2) is 35.3 Å². The summed E-state index contributed by atoms with van der Waals surface area (Å²) in [6.45, 7) is 5.00. The van der Waals surface area contributed by atoms with E-state index in [1.54, 1.807) is 20.6 Å². The van der Waals surface area contributed by atoms with Gasteiger partial charge in [-0.15, -0.1) is 0 Å². The Labute approximate surface area is 160 Å². The van der Waals surface area contributed by atoms with Crippen LogP contribution in [0, 0.1) is 6.92 Å². The van der Waals surface area contributed by atoms with Crippen LogP contribution in [0.4, 0.5) is 17.1 Å². The maximum absolute atomic E-state index is 6.47. The van der Waals surface area contributed by atoms with Crippen molar-refractivity contribution < 1.29 is 9.47 Å². The Morgan fingerprint density at radius 2 is 1.65 bits per heavy atom. The van der Waals surface area contributed by atoms with Crippen molar-refractivity contribution in [3.63, 3.8) is 0 Å². The zero-order chi connectivity index (χ0) is 19.3. The molecule has 0 amide bonds. The van der Waals surface area contributed by atoms with Gasteiger partial charge in [0, 0.05) is 50.2 Å². The Hall–Kier alpha value is -2.40. The summed E-state index contributed by atoms with van der Waals surface area (Å²) >= 11 is 6.47. The molecular formula is C20H26ClN3O2. The molecule has 0 aliphatic rings. The van der Waals surface area contributed by atoms with Crippen LogP contribution in [0.5, 0.6) is 11.5 Å². The van der Waals surface area contributed by atoms with Crippen molar-refractivity contribution in [1.82, 2.24) is 4.90 Å². The third kappa shape index (κ3) is 4.61. The Morgan fingerprint density at radius 1 is 1.04 bits per heavy atom. The van der Waals surface area contributed by atoms with E-state index in [-0.39, 0.29) is 0 Å². The minimum atomic E-state index is 0.605. The second-order valence-electron chi connectivity index (χ2n) is 6.04. The van der Waals surface area contributed by atoms with Crippen molar-refractivity contribution in [2.24, 2.45) is 4.99 Å². The number of methoxy groups -OCH3 is 2. The van der Waals surface area contributed by atoms with Gasteiger partial charge in [0.25, 0.3) is 0 Å². The summed E-state index contributed by atoms with van der Waals surface area (Å²) in [6.07, 6.45) is 1.79. The smallest absolute Gasteiger partial charge is 0.124 e. The first-order valence-corrected chi connectivity index (χ1v) is 8.78. The normalized spacial score (nSPS) is 10.9. The topological polar surface area (TPSA) is 37.3 Å². The number of aliphatic imine (C=N–C) groups is 1. The van der Waals surface area contributed by atoms with E-state index in [4.69, 9.17) is 21.1 Å². The Morgan fingerprint density at radius 3 is 2.19 bits per heavy atom. The summed E-state index contributed by atoms with van der Waals surface area (Å²) in [6, 6.07) is 9.68. The van der Waals surface area contributed by atoms with Crippen molar-refractivity contribution in [3.05, 3.63) is 40.9 Å². The molecule has 0 unspecified atom stereocenters. The zero-order valence-corrected chi connectivity index (χ0v) is 17.0. The molecule has 0 saturated carbocycles. The number of hydrogen-bond acceptors (Lipinski definition) is 4. The lowest BCUT2D eigenvalue weighted by Gasteiger charge is -2.23. The number of halogens is 1.